The van der Waals surface area contributed by atoms with Gasteiger partial charge in [-0.1, -0.05) is 18.2 Å². The topological polar surface area (TPSA) is 127 Å². The van der Waals surface area contributed by atoms with E-state index in [0.29, 0.717) is 28.5 Å². The molecule has 3 aromatic heterocycles. The number of aromatic hydroxyl groups is 1. The molecule has 0 aliphatic heterocycles. The standard InChI is InChI=1S/C27H21N7O2/c1-36-19-12-8-17(9-13-19)30-27-29-15-14-22-20-4-2-3-5-21(20)31-25(34(22)27)24-23(32-26(28)33-24)16-6-10-18(35)11-7-16/h2-15,35H,1H3,(H3,28,32,33). The van der Waals surface area contributed by atoms with Crippen LogP contribution in [0.25, 0.3) is 39.2 Å². The van der Waals surface area contributed by atoms with Crippen LogP contribution in [0, 0.1) is 0 Å². The zero-order valence-electron chi connectivity index (χ0n) is 19.3. The first kappa shape index (κ1) is 21.4. The average molecular weight is 476 g/mol. The number of nitrogens with one attached hydrogen (secondary N) is 1. The number of nitrogens with zero attached hydrogens (tertiary/aromatic N) is 5. The van der Waals surface area contributed by atoms with Crippen molar-refractivity contribution in [1.29, 1.82) is 0 Å². The Balaban J connectivity index is 1.69. The summed E-state index contributed by atoms with van der Waals surface area (Å²) in [6.07, 6.45) is 1.73. The maximum absolute atomic E-state index is 9.77. The van der Waals surface area contributed by atoms with E-state index < -0.39 is 0 Å². The van der Waals surface area contributed by atoms with Crippen LogP contribution in [0.1, 0.15) is 0 Å². The van der Waals surface area contributed by atoms with Gasteiger partial charge in [-0.2, -0.15) is 0 Å². The van der Waals surface area contributed by atoms with Gasteiger partial charge in [-0.3, -0.25) is 4.40 Å². The molecule has 3 heterocycles. The van der Waals surface area contributed by atoms with Crippen molar-refractivity contribution >= 4 is 28.1 Å². The summed E-state index contributed by atoms with van der Waals surface area (Å²) in [5.74, 6) is 1.70. The Morgan fingerprint density at radius 1 is 0.944 bits per heavy atom. The molecule has 176 valence electrons. The lowest BCUT2D eigenvalue weighted by Gasteiger charge is -2.12. The molecular formula is C27H21N7O2. The Morgan fingerprint density at radius 3 is 2.50 bits per heavy atom. The van der Waals surface area contributed by atoms with E-state index in [4.69, 9.17) is 20.4 Å². The number of rotatable bonds is 4. The third-order valence-electron chi connectivity index (χ3n) is 5.87. The molecule has 0 atom stereocenters. The molecule has 0 fully saturated rings. The minimum atomic E-state index is 0.164. The summed E-state index contributed by atoms with van der Waals surface area (Å²) in [6.45, 7) is 0. The molecule has 36 heavy (non-hydrogen) atoms. The quantitative estimate of drug-likeness (QED) is 0.323. The van der Waals surface area contributed by atoms with Crippen LogP contribution in [0.2, 0.25) is 0 Å². The van der Waals surface area contributed by atoms with E-state index in [9.17, 15) is 5.11 Å². The number of nitrogen functional groups attached to an aromatic ring is 1. The molecule has 6 aromatic rings. The number of hydrogen-bond donors (Lipinski definition) is 3. The first-order chi connectivity index (χ1) is 17.6. The second-order valence-electron chi connectivity index (χ2n) is 8.12. The van der Waals surface area contributed by atoms with Crippen LogP contribution in [-0.4, -0.2) is 36.6 Å². The van der Waals surface area contributed by atoms with Gasteiger partial charge in [0.05, 0.1) is 23.8 Å². The maximum atomic E-state index is 9.77. The summed E-state index contributed by atoms with van der Waals surface area (Å²) in [5, 5.41) is 10.7. The van der Waals surface area contributed by atoms with Crippen molar-refractivity contribution in [1.82, 2.24) is 24.3 Å². The number of aromatic nitrogens is 5. The van der Waals surface area contributed by atoms with E-state index in [0.717, 1.165) is 27.7 Å². The van der Waals surface area contributed by atoms with Gasteiger partial charge in [-0.25, -0.2) is 19.9 Å². The van der Waals surface area contributed by atoms with Gasteiger partial charge in [-0.15, -0.1) is 0 Å². The molecule has 0 amide bonds. The Hall–Kier alpha value is -5.18. The van der Waals surface area contributed by atoms with E-state index in [2.05, 4.69) is 15.0 Å². The number of aromatic amines is 1. The van der Waals surface area contributed by atoms with Crippen LogP contribution < -0.4 is 16.1 Å². The lowest BCUT2D eigenvalue weighted by molar-refractivity contribution is 0.415. The van der Waals surface area contributed by atoms with Gasteiger partial charge in [0.1, 0.15) is 22.9 Å². The van der Waals surface area contributed by atoms with Crippen molar-refractivity contribution in [3.63, 3.8) is 0 Å². The average Bonchev–Trinajstić information content (AvgIpc) is 3.30. The maximum Gasteiger partial charge on any atom is 0.236 e. The molecule has 0 aliphatic carbocycles. The fraction of sp³-hybridized carbons (Fsp3) is 0.0370. The number of para-hydroxylation sites is 1. The summed E-state index contributed by atoms with van der Waals surface area (Å²) < 4.78 is 7.16. The normalized spacial score (nSPS) is 11.9. The molecule has 0 unspecified atom stereocenters. The molecule has 4 N–H and O–H groups in total. The van der Waals surface area contributed by atoms with E-state index in [1.807, 2.05) is 59.0 Å². The van der Waals surface area contributed by atoms with Gasteiger partial charge in [-0.05, 0) is 60.7 Å². The number of H-pyrrole nitrogens is 1. The van der Waals surface area contributed by atoms with Gasteiger partial charge in [0, 0.05) is 17.1 Å². The third-order valence-corrected chi connectivity index (χ3v) is 5.87. The highest BCUT2D eigenvalue weighted by atomic mass is 16.5. The molecule has 3 aromatic carbocycles. The Morgan fingerprint density at radius 2 is 1.72 bits per heavy atom. The molecule has 0 spiro atoms. The number of anilines is 1. The minimum absolute atomic E-state index is 0.164. The van der Waals surface area contributed by atoms with Crippen LogP contribution in [0.15, 0.2) is 90.1 Å². The largest absolute Gasteiger partial charge is 0.508 e. The highest BCUT2D eigenvalue weighted by Gasteiger charge is 2.19. The molecule has 0 saturated heterocycles. The van der Waals surface area contributed by atoms with Gasteiger partial charge in [0.25, 0.3) is 0 Å². The fourth-order valence-electron chi connectivity index (χ4n) is 4.19. The van der Waals surface area contributed by atoms with Gasteiger partial charge < -0.3 is 20.6 Å². The van der Waals surface area contributed by atoms with E-state index >= 15 is 0 Å². The van der Waals surface area contributed by atoms with Gasteiger partial charge in [0.15, 0.2) is 11.8 Å². The number of methoxy groups -OCH3 is 1. The second-order valence-corrected chi connectivity index (χ2v) is 8.12. The molecule has 0 radical (unpaired) electrons. The number of nitrogens with two attached hydrogens (primary N) is 1. The molecule has 0 aliphatic rings. The Labute approximate surface area is 205 Å². The number of phenolic OH excluding ortho intramolecular Hbond substituents is 1. The van der Waals surface area contributed by atoms with Gasteiger partial charge in [0.2, 0.25) is 5.62 Å². The van der Waals surface area contributed by atoms with E-state index in [1.165, 1.54) is 0 Å². The zero-order valence-corrected chi connectivity index (χ0v) is 19.3. The van der Waals surface area contributed by atoms with Crippen LogP contribution >= 0.6 is 0 Å². The summed E-state index contributed by atoms with van der Waals surface area (Å²) in [6, 6.07) is 24.0. The summed E-state index contributed by atoms with van der Waals surface area (Å²) >= 11 is 0. The predicted molar refractivity (Wildman–Crippen MR) is 138 cm³/mol. The van der Waals surface area contributed by atoms with Crippen molar-refractivity contribution < 1.29 is 9.84 Å². The van der Waals surface area contributed by atoms with Crippen molar-refractivity contribution in [2.45, 2.75) is 0 Å². The predicted octanol–water partition coefficient (Wildman–Crippen LogP) is 4.47. The van der Waals surface area contributed by atoms with Crippen molar-refractivity contribution in [3.8, 4) is 34.3 Å². The minimum Gasteiger partial charge on any atom is -0.508 e. The molecule has 0 saturated carbocycles. The lowest BCUT2D eigenvalue weighted by Crippen LogP contribution is -2.21. The third kappa shape index (κ3) is 3.68. The smallest absolute Gasteiger partial charge is 0.236 e. The van der Waals surface area contributed by atoms with E-state index in [1.54, 1.807) is 37.6 Å². The number of imidazole rings is 1. The Bertz CT molecular complexity index is 1790. The van der Waals surface area contributed by atoms with Crippen molar-refractivity contribution in [3.05, 3.63) is 90.7 Å². The first-order valence-corrected chi connectivity index (χ1v) is 11.2. The highest BCUT2D eigenvalue weighted by molar-refractivity contribution is 5.95. The number of benzene rings is 3. The number of ether oxygens (including phenoxy) is 1. The van der Waals surface area contributed by atoms with Crippen molar-refractivity contribution in [2.24, 2.45) is 4.99 Å². The summed E-state index contributed by atoms with van der Waals surface area (Å²) in [4.78, 5) is 22.1. The number of phenols is 1. The number of hydrogen-bond acceptors (Lipinski definition) is 7. The number of fused-ring (bicyclic) bond motifs is 3. The second kappa shape index (κ2) is 8.55. The summed E-state index contributed by atoms with van der Waals surface area (Å²) in [5.41, 5.74) is 10.9. The monoisotopic (exact) mass is 475 g/mol. The highest BCUT2D eigenvalue weighted by Crippen LogP contribution is 2.32. The lowest BCUT2D eigenvalue weighted by atomic mass is 10.1. The first-order valence-electron chi connectivity index (χ1n) is 11.2. The zero-order chi connectivity index (χ0) is 24.6. The van der Waals surface area contributed by atoms with Crippen LogP contribution in [0.4, 0.5) is 11.6 Å². The molecule has 9 heteroatoms. The van der Waals surface area contributed by atoms with E-state index in [-0.39, 0.29) is 11.7 Å². The molecular weight excluding hydrogens is 454 g/mol. The fourth-order valence-corrected chi connectivity index (χ4v) is 4.19. The van der Waals surface area contributed by atoms with Crippen LogP contribution in [0.5, 0.6) is 11.5 Å². The SMILES string of the molecule is COc1ccc(N=c2nccc3c4ccccc4nc(-c4[nH]c(N)nc4-c4ccc(O)cc4)n23)cc1. The summed E-state index contributed by atoms with van der Waals surface area (Å²) in [7, 11) is 1.62. The van der Waals surface area contributed by atoms with Gasteiger partial charge >= 0.3 is 0 Å². The van der Waals surface area contributed by atoms with Crippen LogP contribution in [-0.2, 0) is 0 Å². The van der Waals surface area contributed by atoms with Crippen molar-refractivity contribution in [2.75, 3.05) is 12.8 Å². The Kier molecular flexibility index (Phi) is 5.07. The molecule has 9 nitrogen and oxygen atoms in total. The van der Waals surface area contributed by atoms with Crippen LogP contribution in [0.3, 0.4) is 0 Å². The molecule has 6 rings (SSSR count). The molecule has 0 bridgehead atoms.